The molecule has 0 aliphatic heterocycles. The van der Waals surface area contributed by atoms with Crippen LogP contribution in [0, 0.1) is 5.92 Å². The third kappa shape index (κ3) is 3.69. The van der Waals surface area contributed by atoms with Gasteiger partial charge in [-0.2, -0.15) is 15.0 Å². The molecule has 0 aromatic carbocycles. The highest BCUT2D eigenvalue weighted by Crippen LogP contribution is 2.28. The molecular formula is C12H17ClN4O3. The van der Waals surface area contributed by atoms with Crippen molar-refractivity contribution in [3.05, 3.63) is 5.28 Å². The fourth-order valence-corrected chi connectivity index (χ4v) is 2.63. The van der Waals surface area contributed by atoms with Gasteiger partial charge in [0, 0.05) is 0 Å². The zero-order valence-corrected chi connectivity index (χ0v) is 11.9. The maximum Gasteiger partial charge on any atom is 0.326 e. The van der Waals surface area contributed by atoms with E-state index in [-0.39, 0.29) is 23.2 Å². The number of rotatable bonds is 5. The molecule has 1 atom stereocenters. The van der Waals surface area contributed by atoms with E-state index in [0.717, 1.165) is 32.1 Å². The Kier molecular flexibility index (Phi) is 4.94. The molecule has 20 heavy (non-hydrogen) atoms. The third-order valence-electron chi connectivity index (χ3n) is 3.44. The van der Waals surface area contributed by atoms with Crippen LogP contribution in [0.15, 0.2) is 0 Å². The van der Waals surface area contributed by atoms with Crippen LogP contribution in [0.25, 0.3) is 0 Å². The van der Waals surface area contributed by atoms with Crippen molar-refractivity contribution < 1.29 is 14.6 Å². The standard InChI is InChI=1S/C12H17ClN4O3/c1-20-12-16-10(13)15-11(17-12)14-8(9(18)19)7-5-3-2-4-6-7/h7-8H,2-6H2,1H3,(H,18,19)(H,14,15,16,17). The van der Waals surface area contributed by atoms with Gasteiger partial charge in [-0.15, -0.1) is 0 Å². The highest BCUT2D eigenvalue weighted by molar-refractivity contribution is 6.28. The van der Waals surface area contributed by atoms with Gasteiger partial charge in [0.2, 0.25) is 11.2 Å². The summed E-state index contributed by atoms with van der Waals surface area (Å²) in [5.74, 6) is -0.713. The molecule has 0 saturated heterocycles. The topological polar surface area (TPSA) is 97.2 Å². The number of hydrogen-bond donors (Lipinski definition) is 2. The fraction of sp³-hybridized carbons (Fsp3) is 0.667. The predicted molar refractivity (Wildman–Crippen MR) is 73.0 cm³/mol. The normalized spacial score (nSPS) is 17.5. The van der Waals surface area contributed by atoms with E-state index in [1.54, 1.807) is 0 Å². The molecule has 0 bridgehead atoms. The summed E-state index contributed by atoms with van der Waals surface area (Å²) < 4.78 is 4.89. The number of halogens is 1. The lowest BCUT2D eigenvalue weighted by atomic mass is 9.84. The number of hydrogen-bond acceptors (Lipinski definition) is 6. The van der Waals surface area contributed by atoms with Gasteiger partial charge in [-0.1, -0.05) is 19.3 Å². The molecule has 0 amide bonds. The Morgan fingerprint density at radius 1 is 1.35 bits per heavy atom. The van der Waals surface area contributed by atoms with E-state index >= 15 is 0 Å². The molecule has 2 rings (SSSR count). The van der Waals surface area contributed by atoms with Gasteiger partial charge in [-0.25, -0.2) is 4.79 Å². The molecule has 1 unspecified atom stereocenters. The van der Waals surface area contributed by atoms with Crippen molar-refractivity contribution in [1.29, 1.82) is 0 Å². The van der Waals surface area contributed by atoms with E-state index in [2.05, 4.69) is 20.3 Å². The summed E-state index contributed by atoms with van der Waals surface area (Å²) >= 11 is 5.75. The number of ether oxygens (including phenoxy) is 1. The van der Waals surface area contributed by atoms with Crippen molar-refractivity contribution in [2.24, 2.45) is 5.92 Å². The Morgan fingerprint density at radius 3 is 2.65 bits per heavy atom. The first-order valence-electron chi connectivity index (χ1n) is 6.55. The average molecular weight is 301 g/mol. The molecule has 1 aliphatic rings. The third-order valence-corrected chi connectivity index (χ3v) is 3.61. The average Bonchev–Trinajstić information content (AvgIpc) is 2.44. The summed E-state index contributed by atoms with van der Waals surface area (Å²) in [6.45, 7) is 0. The van der Waals surface area contributed by atoms with Gasteiger partial charge >= 0.3 is 12.0 Å². The number of nitrogens with zero attached hydrogens (tertiary/aromatic N) is 3. The van der Waals surface area contributed by atoms with Crippen molar-refractivity contribution in [1.82, 2.24) is 15.0 Å². The molecule has 110 valence electrons. The van der Waals surface area contributed by atoms with Crippen LogP contribution in [0.3, 0.4) is 0 Å². The second kappa shape index (κ2) is 6.69. The van der Waals surface area contributed by atoms with E-state index in [0.29, 0.717) is 0 Å². The van der Waals surface area contributed by atoms with Crippen molar-refractivity contribution in [3.63, 3.8) is 0 Å². The quantitative estimate of drug-likeness (QED) is 0.858. The van der Waals surface area contributed by atoms with Gasteiger partial charge in [0.05, 0.1) is 7.11 Å². The monoisotopic (exact) mass is 300 g/mol. The number of methoxy groups -OCH3 is 1. The number of carboxylic acid groups (broad SMARTS) is 1. The summed E-state index contributed by atoms with van der Waals surface area (Å²) in [5.41, 5.74) is 0. The zero-order valence-electron chi connectivity index (χ0n) is 11.2. The number of anilines is 1. The second-order valence-corrected chi connectivity index (χ2v) is 5.11. The number of carboxylic acids is 1. The molecule has 1 saturated carbocycles. The van der Waals surface area contributed by atoms with Crippen LogP contribution in [0.5, 0.6) is 6.01 Å². The van der Waals surface area contributed by atoms with E-state index in [4.69, 9.17) is 16.3 Å². The Balaban J connectivity index is 2.15. The molecule has 7 nitrogen and oxygen atoms in total. The van der Waals surface area contributed by atoms with E-state index in [1.165, 1.54) is 7.11 Å². The first-order valence-corrected chi connectivity index (χ1v) is 6.93. The largest absolute Gasteiger partial charge is 0.480 e. The van der Waals surface area contributed by atoms with Crippen LogP contribution in [-0.4, -0.2) is 39.2 Å². The first-order chi connectivity index (χ1) is 9.60. The molecule has 0 spiro atoms. The minimum atomic E-state index is -0.910. The van der Waals surface area contributed by atoms with Crippen LogP contribution < -0.4 is 10.1 Å². The Hall–Kier alpha value is -1.63. The van der Waals surface area contributed by atoms with Crippen LogP contribution in [0.4, 0.5) is 5.95 Å². The smallest absolute Gasteiger partial charge is 0.326 e. The van der Waals surface area contributed by atoms with Crippen LogP contribution in [0.2, 0.25) is 5.28 Å². The van der Waals surface area contributed by atoms with Crippen molar-refractivity contribution in [3.8, 4) is 6.01 Å². The Bertz CT molecular complexity index is 480. The van der Waals surface area contributed by atoms with Gasteiger partial charge in [-0.3, -0.25) is 0 Å². The predicted octanol–water partition coefficient (Wildman–Crippen LogP) is 1.98. The van der Waals surface area contributed by atoms with Gasteiger partial charge in [-0.05, 0) is 30.4 Å². The summed E-state index contributed by atoms with van der Waals surface area (Å²) in [5, 5.41) is 12.2. The van der Waals surface area contributed by atoms with Crippen LogP contribution in [0.1, 0.15) is 32.1 Å². The van der Waals surface area contributed by atoms with Gasteiger partial charge in [0.1, 0.15) is 6.04 Å². The Morgan fingerprint density at radius 2 is 2.05 bits per heavy atom. The maximum atomic E-state index is 11.4. The second-order valence-electron chi connectivity index (χ2n) is 4.77. The molecular weight excluding hydrogens is 284 g/mol. The van der Waals surface area contributed by atoms with Gasteiger partial charge < -0.3 is 15.2 Å². The maximum absolute atomic E-state index is 11.4. The number of carbonyl (C=O) groups is 1. The molecule has 1 aromatic rings. The summed E-state index contributed by atoms with van der Waals surface area (Å²) in [6.07, 6.45) is 5.04. The molecule has 2 N–H and O–H groups in total. The zero-order chi connectivity index (χ0) is 14.5. The number of nitrogens with one attached hydrogen (secondary N) is 1. The van der Waals surface area contributed by atoms with Gasteiger partial charge in [0.25, 0.3) is 0 Å². The van der Waals surface area contributed by atoms with E-state index in [9.17, 15) is 9.90 Å². The summed E-state index contributed by atoms with van der Waals surface area (Å²) in [4.78, 5) is 23.0. The molecule has 0 radical (unpaired) electrons. The van der Waals surface area contributed by atoms with Crippen molar-refractivity contribution >= 4 is 23.5 Å². The van der Waals surface area contributed by atoms with Crippen molar-refractivity contribution in [2.45, 2.75) is 38.1 Å². The minimum absolute atomic E-state index is 0.0351. The lowest BCUT2D eigenvalue weighted by molar-refractivity contribution is -0.139. The number of aromatic nitrogens is 3. The van der Waals surface area contributed by atoms with Crippen LogP contribution in [-0.2, 0) is 4.79 Å². The van der Waals surface area contributed by atoms with Crippen LogP contribution >= 0.6 is 11.6 Å². The molecule has 1 aliphatic carbocycles. The SMILES string of the molecule is COc1nc(Cl)nc(NC(C(=O)O)C2CCCCC2)n1. The molecule has 1 fully saturated rings. The van der Waals surface area contributed by atoms with Crippen molar-refractivity contribution in [2.75, 3.05) is 12.4 Å². The fourth-order valence-electron chi connectivity index (χ4n) is 2.48. The summed E-state index contributed by atoms with van der Waals surface area (Å²) in [6, 6.07) is -0.668. The molecule has 1 aromatic heterocycles. The minimum Gasteiger partial charge on any atom is -0.480 e. The Labute approximate surface area is 121 Å². The van der Waals surface area contributed by atoms with E-state index in [1.807, 2.05) is 0 Å². The molecule has 1 heterocycles. The first kappa shape index (κ1) is 14.8. The lowest BCUT2D eigenvalue weighted by Crippen LogP contribution is -2.38. The molecule has 8 heteroatoms. The number of aliphatic carboxylic acids is 1. The summed E-state index contributed by atoms with van der Waals surface area (Å²) in [7, 11) is 1.41. The highest BCUT2D eigenvalue weighted by Gasteiger charge is 2.30. The lowest BCUT2D eigenvalue weighted by Gasteiger charge is -2.27. The highest BCUT2D eigenvalue weighted by atomic mass is 35.5. The van der Waals surface area contributed by atoms with Gasteiger partial charge in [0.15, 0.2) is 0 Å². The van der Waals surface area contributed by atoms with E-state index < -0.39 is 12.0 Å².